The summed E-state index contributed by atoms with van der Waals surface area (Å²) in [5, 5.41) is 8.84. The average Bonchev–Trinajstić information content (AvgIpc) is 3.19. The summed E-state index contributed by atoms with van der Waals surface area (Å²) < 4.78 is 16.5. The number of thioether (sulfide) groups is 1. The van der Waals surface area contributed by atoms with E-state index >= 15 is 0 Å². The van der Waals surface area contributed by atoms with Crippen LogP contribution in [0.25, 0.3) is 0 Å². The molecule has 38 heavy (non-hydrogen) atoms. The lowest BCUT2D eigenvalue weighted by Gasteiger charge is -2.23. The van der Waals surface area contributed by atoms with Gasteiger partial charge in [0.2, 0.25) is 0 Å². The van der Waals surface area contributed by atoms with Gasteiger partial charge in [0, 0.05) is 27.6 Å². The summed E-state index contributed by atoms with van der Waals surface area (Å²) in [6.45, 7) is 4.16. The zero-order valence-electron chi connectivity index (χ0n) is 21.7. The van der Waals surface area contributed by atoms with Crippen LogP contribution in [0.1, 0.15) is 45.3 Å². The molecule has 0 saturated heterocycles. The number of nitrogens with one attached hydrogen (secondary N) is 1. The van der Waals surface area contributed by atoms with Gasteiger partial charge >= 0.3 is 5.97 Å². The predicted octanol–water partition coefficient (Wildman–Crippen LogP) is 5.75. The number of amidine groups is 1. The van der Waals surface area contributed by atoms with Gasteiger partial charge in [0.1, 0.15) is 5.84 Å². The minimum absolute atomic E-state index is 0.143. The van der Waals surface area contributed by atoms with Crippen LogP contribution in [0, 0.1) is 6.92 Å². The van der Waals surface area contributed by atoms with Crippen LogP contribution in [0.15, 0.2) is 41.5 Å². The smallest absolute Gasteiger partial charge is 0.306 e. The van der Waals surface area contributed by atoms with Gasteiger partial charge in [-0.25, -0.2) is 4.98 Å². The number of hydrazone groups is 1. The molecule has 0 spiro atoms. The minimum Gasteiger partial charge on any atom is -0.493 e. The third-order valence-electron chi connectivity index (χ3n) is 6.18. The summed E-state index contributed by atoms with van der Waals surface area (Å²) in [5.74, 6) is 7.66. The Labute approximate surface area is 235 Å². The van der Waals surface area contributed by atoms with Gasteiger partial charge in [0.15, 0.2) is 11.5 Å². The van der Waals surface area contributed by atoms with E-state index in [1.807, 2.05) is 50.2 Å². The molecule has 0 radical (unpaired) electrons. The van der Waals surface area contributed by atoms with E-state index in [4.69, 9.17) is 36.6 Å². The van der Waals surface area contributed by atoms with Crippen molar-refractivity contribution < 1.29 is 19.0 Å². The Morgan fingerprint density at radius 3 is 2.74 bits per heavy atom. The molecule has 1 aliphatic rings. The van der Waals surface area contributed by atoms with E-state index in [9.17, 15) is 4.79 Å². The number of ether oxygens (including phenoxy) is 3. The second kappa shape index (κ2) is 12.7. The summed E-state index contributed by atoms with van der Waals surface area (Å²) >= 11 is 9.76. The molecule has 8 nitrogen and oxygen atoms in total. The van der Waals surface area contributed by atoms with E-state index < -0.39 is 0 Å². The quantitative estimate of drug-likeness (QED) is 0.189. The number of halogens is 1. The normalized spacial score (nSPS) is 17.9. The summed E-state index contributed by atoms with van der Waals surface area (Å²) in [4.78, 5) is 17.8. The Balaban J connectivity index is 1.69. The van der Waals surface area contributed by atoms with Crippen LogP contribution >= 0.6 is 34.7 Å². The first kappa shape index (κ1) is 28.1. The molecule has 2 aromatic carbocycles. The molecule has 202 valence electrons. The van der Waals surface area contributed by atoms with Gasteiger partial charge in [0.25, 0.3) is 0 Å². The number of fused-ring (bicyclic) bond motifs is 1. The molecular formula is C27H31ClN4O4S2. The zero-order valence-corrected chi connectivity index (χ0v) is 24.1. The largest absolute Gasteiger partial charge is 0.493 e. The number of hydrogen-bond donors (Lipinski definition) is 2. The van der Waals surface area contributed by atoms with Crippen LogP contribution in [-0.2, 0) is 22.4 Å². The summed E-state index contributed by atoms with van der Waals surface area (Å²) in [7, 11) is 3.26. The second-order valence-electron chi connectivity index (χ2n) is 8.58. The first-order valence-corrected chi connectivity index (χ1v) is 14.3. The fourth-order valence-corrected chi connectivity index (χ4v) is 7.32. The molecule has 1 aromatic heterocycles. The first-order valence-electron chi connectivity index (χ1n) is 12.2. The standard InChI is InChI=1S/C27H31ClN4O4S2/c1-5-36-24(33)12-11-21-15(2)30-23(37-21)14-22-27(32-29)31-19-10-9-16(28)13-18(19)26(38-22)17-7-6-8-20(34-3)25(17)35-4/h6-10,13,22,26H,5,11-12,14,29H2,1-4H3,(H,31,32)/t22-,26-/m1/s1. The maximum Gasteiger partial charge on any atom is 0.306 e. The number of benzene rings is 2. The SMILES string of the molecule is CCOC(=O)CCc1sc(C[C@H]2S[C@H](c3cccc(OC)c3OC)c3cc(Cl)ccc3NC2=NN)nc1C. The van der Waals surface area contributed by atoms with Gasteiger partial charge in [-0.1, -0.05) is 23.7 Å². The Morgan fingerprint density at radius 2 is 2.03 bits per heavy atom. The number of methoxy groups -OCH3 is 2. The highest BCUT2D eigenvalue weighted by atomic mass is 35.5. The van der Waals surface area contributed by atoms with Crippen LogP contribution in [0.4, 0.5) is 5.69 Å². The highest BCUT2D eigenvalue weighted by Crippen LogP contribution is 2.50. The number of rotatable bonds is 9. The summed E-state index contributed by atoms with van der Waals surface area (Å²) in [6.07, 6.45) is 1.53. The molecular weight excluding hydrogens is 544 g/mol. The number of carbonyl (C=O) groups is 1. The number of anilines is 1. The van der Waals surface area contributed by atoms with Crippen molar-refractivity contribution in [2.24, 2.45) is 10.9 Å². The van der Waals surface area contributed by atoms with Crippen molar-refractivity contribution in [3.05, 3.63) is 68.1 Å². The van der Waals surface area contributed by atoms with E-state index in [-0.39, 0.29) is 16.5 Å². The third-order valence-corrected chi connectivity index (χ3v) is 9.15. The van der Waals surface area contributed by atoms with E-state index in [1.165, 1.54) is 0 Å². The monoisotopic (exact) mass is 574 g/mol. The lowest BCUT2D eigenvalue weighted by atomic mass is 10.0. The Bertz CT molecular complexity index is 1330. The van der Waals surface area contributed by atoms with Crippen molar-refractivity contribution in [1.29, 1.82) is 0 Å². The average molecular weight is 575 g/mol. The molecule has 3 aromatic rings. The van der Waals surface area contributed by atoms with E-state index in [2.05, 4.69) is 10.4 Å². The molecule has 0 saturated carbocycles. The minimum atomic E-state index is -0.200. The predicted molar refractivity (Wildman–Crippen MR) is 155 cm³/mol. The molecule has 0 aliphatic carbocycles. The maximum absolute atomic E-state index is 11.9. The highest BCUT2D eigenvalue weighted by Gasteiger charge is 2.33. The fourth-order valence-electron chi connectivity index (χ4n) is 4.42. The molecule has 2 atom stereocenters. The fraction of sp³-hybridized carbons (Fsp3) is 0.370. The molecule has 2 heterocycles. The zero-order chi connectivity index (χ0) is 27.2. The van der Waals surface area contributed by atoms with Crippen molar-refractivity contribution in [2.75, 3.05) is 26.1 Å². The lowest BCUT2D eigenvalue weighted by Crippen LogP contribution is -2.28. The lowest BCUT2D eigenvalue weighted by molar-refractivity contribution is -0.143. The number of hydrogen-bond acceptors (Lipinski definition) is 9. The van der Waals surface area contributed by atoms with E-state index in [0.29, 0.717) is 48.2 Å². The Morgan fingerprint density at radius 1 is 1.21 bits per heavy atom. The van der Waals surface area contributed by atoms with Crippen LogP contribution in [0.3, 0.4) is 0 Å². The first-order chi connectivity index (χ1) is 18.4. The number of esters is 1. The Hall–Kier alpha value is -2.95. The second-order valence-corrected chi connectivity index (χ2v) is 11.5. The van der Waals surface area contributed by atoms with Gasteiger partial charge in [-0.3, -0.25) is 4.79 Å². The molecule has 3 N–H and O–H groups in total. The highest BCUT2D eigenvalue weighted by molar-refractivity contribution is 8.01. The van der Waals surface area contributed by atoms with Crippen molar-refractivity contribution in [3.8, 4) is 11.5 Å². The summed E-state index contributed by atoms with van der Waals surface area (Å²) in [6, 6.07) is 11.6. The van der Waals surface area contributed by atoms with Crippen molar-refractivity contribution in [1.82, 2.24) is 4.98 Å². The molecule has 0 fully saturated rings. The van der Waals surface area contributed by atoms with Crippen molar-refractivity contribution in [2.45, 2.75) is 43.6 Å². The maximum atomic E-state index is 11.9. The summed E-state index contributed by atoms with van der Waals surface area (Å²) in [5.41, 5.74) is 3.74. The van der Waals surface area contributed by atoms with Gasteiger partial charge in [-0.2, -0.15) is 5.10 Å². The Kier molecular flexibility index (Phi) is 9.40. The molecule has 0 amide bonds. The van der Waals surface area contributed by atoms with E-state index in [1.54, 1.807) is 37.3 Å². The van der Waals surface area contributed by atoms with Crippen molar-refractivity contribution >= 4 is 52.2 Å². The van der Waals surface area contributed by atoms with Gasteiger partial charge in [-0.15, -0.1) is 23.1 Å². The number of aryl methyl sites for hydroxylation is 2. The number of carbonyl (C=O) groups excluding carboxylic acids is 1. The number of nitrogens with zero attached hydrogens (tertiary/aromatic N) is 2. The molecule has 1 aliphatic heterocycles. The number of thiazole rings is 1. The third kappa shape index (κ3) is 6.19. The number of nitrogens with two attached hydrogens (primary N) is 1. The van der Waals surface area contributed by atoms with Crippen molar-refractivity contribution in [3.63, 3.8) is 0 Å². The van der Waals surface area contributed by atoms with Crippen LogP contribution in [0.2, 0.25) is 5.02 Å². The molecule has 4 rings (SSSR count). The molecule has 0 unspecified atom stereocenters. The van der Waals surface area contributed by atoms with Crippen LogP contribution < -0.4 is 20.6 Å². The number of aromatic nitrogens is 1. The van der Waals surface area contributed by atoms with E-state index in [0.717, 1.165) is 32.4 Å². The van der Waals surface area contributed by atoms with Crippen LogP contribution in [-0.4, -0.2) is 42.9 Å². The molecule has 0 bridgehead atoms. The van der Waals surface area contributed by atoms with Gasteiger partial charge in [-0.05, 0) is 50.1 Å². The van der Waals surface area contributed by atoms with Gasteiger partial charge < -0.3 is 25.4 Å². The number of para-hydroxylation sites is 1. The molecule has 11 heteroatoms. The van der Waals surface area contributed by atoms with Crippen LogP contribution in [0.5, 0.6) is 11.5 Å². The topological polar surface area (TPSA) is 108 Å². The van der Waals surface area contributed by atoms with Gasteiger partial charge in [0.05, 0.1) is 48.4 Å².